The lowest BCUT2D eigenvalue weighted by molar-refractivity contribution is -0.147. The van der Waals surface area contributed by atoms with Crippen LogP contribution in [0.15, 0.2) is 18.2 Å². The van der Waals surface area contributed by atoms with E-state index in [-0.39, 0.29) is 5.91 Å². The first kappa shape index (κ1) is 15.4. The Hall–Kier alpha value is -2.04. The van der Waals surface area contributed by atoms with Crippen molar-refractivity contribution in [3.63, 3.8) is 0 Å². The standard InChI is InChI=1S/C16H21NO4/c1-16(2,15(19)20)6-7-17-14(18)10-11-3-4-13-12(9-11)5-8-21-13/h3-4,9H,5-8,10H2,1-2H3,(H,17,18)(H,19,20). The summed E-state index contributed by atoms with van der Waals surface area (Å²) < 4.78 is 5.43. The summed E-state index contributed by atoms with van der Waals surface area (Å²) >= 11 is 0. The van der Waals surface area contributed by atoms with Gasteiger partial charge in [-0.3, -0.25) is 9.59 Å². The molecule has 0 radical (unpaired) electrons. The number of rotatable bonds is 6. The van der Waals surface area contributed by atoms with Crippen molar-refractivity contribution in [1.29, 1.82) is 0 Å². The lowest BCUT2D eigenvalue weighted by Crippen LogP contribution is -2.32. The van der Waals surface area contributed by atoms with Crippen molar-refractivity contribution in [2.45, 2.75) is 33.1 Å². The molecule has 21 heavy (non-hydrogen) atoms. The number of hydrogen-bond donors (Lipinski definition) is 2. The third kappa shape index (κ3) is 3.97. The summed E-state index contributed by atoms with van der Waals surface area (Å²) in [5.41, 5.74) is 1.28. The predicted molar refractivity (Wildman–Crippen MR) is 78.4 cm³/mol. The van der Waals surface area contributed by atoms with E-state index in [4.69, 9.17) is 9.84 Å². The molecule has 114 valence electrons. The molecular formula is C16H21NO4. The third-order valence-electron chi connectivity index (χ3n) is 3.77. The molecule has 0 aromatic heterocycles. The van der Waals surface area contributed by atoms with E-state index >= 15 is 0 Å². The van der Waals surface area contributed by atoms with Gasteiger partial charge in [0.25, 0.3) is 0 Å². The van der Waals surface area contributed by atoms with Crippen LogP contribution in [0.4, 0.5) is 0 Å². The van der Waals surface area contributed by atoms with E-state index in [1.165, 1.54) is 0 Å². The van der Waals surface area contributed by atoms with E-state index < -0.39 is 11.4 Å². The predicted octanol–water partition coefficient (Wildman–Crippen LogP) is 1.78. The minimum Gasteiger partial charge on any atom is -0.493 e. The van der Waals surface area contributed by atoms with E-state index in [0.29, 0.717) is 26.0 Å². The third-order valence-corrected chi connectivity index (χ3v) is 3.77. The number of carbonyl (C=O) groups excluding carboxylic acids is 1. The molecule has 0 unspecified atom stereocenters. The summed E-state index contributed by atoms with van der Waals surface area (Å²) in [4.78, 5) is 22.9. The van der Waals surface area contributed by atoms with Crippen LogP contribution in [0.25, 0.3) is 0 Å². The topological polar surface area (TPSA) is 75.6 Å². The molecule has 0 bridgehead atoms. The van der Waals surface area contributed by atoms with E-state index in [1.54, 1.807) is 13.8 Å². The molecule has 1 amide bonds. The van der Waals surface area contributed by atoms with Gasteiger partial charge in [-0.05, 0) is 37.5 Å². The molecule has 1 aliphatic heterocycles. The van der Waals surface area contributed by atoms with Crippen LogP contribution >= 0.6 is 0 Å². The summed E-state index contributed by atoms with van der Waals surface area (Å²) in [6, 6.07) is 5.80. The van der Waals surface area contributed by atoms with Gasteiger partial charge in [-0.25, -0.2) is 0 Å². The maximum atomic E-state index is 11.9. The Bertz CT molecular complexity index is 551. The maximum absolute atomic E-state index is 11.9. The van der Waals surface area contributed by atoms with Crippen LogP contribution in [0.5, 0.6) is 5.75 Å². The van der Waals surface area contributed by atoms with Gasteiger partial charge in [0.15, 0.2) is 0 Å². The van der Waals surface area contributed by atoms with Crippen molar-refractivity contribution in [2.24, 2.45) is 5.41 Å². The Morgan fingerprint density at radius 1 is 1.38 bits per heavy atom. The minimum atomic E-state index is -0.852. The zero-order valence-electron chi connectivity index (χ0n) is 12.4. The largest absolute Gasteiger partial charge is 0.493 e. The smallest absolute Gasteiger partial charge is 0.309 e. The molecule has 2 rings (SSSR count). The number of fused-ring (bicyclic) bond motifs is 1. The number of carboxylic acid groups (broad SMARTS) is 1. The van der Waals surface area contributed by atoms with Gasteiger partial charge in [-0.15, -0.1) is 0 Å². The van der Waals surface area contributed by atoms with Crippen LogP contribution in [0, 0.1) is 5.41 Å². The Balaban J connectivity index is 1.81. The Kier molecular flexibility index (Phi) is 4.50. The molecule has 2 N–H and O–H groups in total. The van der Waals surface area contributed by atoms with Gasteiger partial charge in [-0.2, -0.15) is 0 Å². The van der Waals surface area contributed by atoms with Crippen molar-refractivity contribution in [1.82, 2.24) is 5.32 Å². The minimum absolute atomic E-state index is 0.0879. The molecule has 0 atom stereocenters. The molecule has 5 nitrogen and oxygen atoms in total. The number of benzene rings is 1. The van der Waals surface area contributed by atoms with E-state index in [1.807, 2.05) is 18.2 Å². The fourth-order valence-corrected chi connectivity index (χ4v) is 2.22. The zero-order chi connectivity index (χ0) is 15.5. The molecule has 5 heteroatoms. The highest BCUT2D eigenvalue weighted by Crippen LogP contribution is 2.26. The molecule has 1 heterocycles. The Morgan fingerprint density at radius 2 is 2.14 bits per heavy atom. The number of ether oxygens (including phenoxy) is 1. The fourth-order valence-electron chi connectivity index (χ4n) is 2.22. The number of carbonyl (C=O) groups is 2. The molecule has 0 fully saturated rings. The summed E-state index contributed by atoms with van der Waals surface area (Å²) in [6.45, 7) is 4.38. The molecule has 0 saturated carbocycles. The highest BCUT2D eigenvalue weighted by Gasteiger charge is 2.26. The number of carboxylic acids is 1. The second-order valence-electron chi connectivity index (χ2n) is 6.01. The average molecular weight is 291 g/mol. The normalized spacial score (nSPS) is 13.4. The molecule has 0 spiro atoms. The van der Waals surface area contributed by atoms with Crippen LogP contribution in [-0.4, -0.2) is 30.1 Å². The Morgan fingerprint density at radius 3 is 2.86 bits per heavy atom. The van der Waals surface area contributed by atoms with Gasteiger partial charge in [0.1, 0.15) is 5.75 Å². The molecule has 0 aliphatic carbocycles. The van der Waals surface area contributed by atoms with Crippen LogP contribution in [0.3, 0.4) is 0 Å². The first-order chi connectivity index (χ1) is 9.88. The van der Waals surface area contributed by atoms with Gasteiger partial charge >= 0.3 is 5.97 Å². The van der Waals surface area contributed by atoms with Gasteiger partial charge < -0.3 is 15.2 Å². The monoisotopic (exact) mass is 291 g/mol. The highest BCUT2D eigenvalue weighted by molar-refractivity contribution is 5.79. The maximum Gasteiger partial charge on any atom is 0.309 e. The van der Waals surface area contributed by atoms with Crippen molar-refractivity contribution < 1.29 is 19.4 Å². The molecular weight excluding hydrogens is 270 g/mol. The van der Waals surface area contributed by atoms with E-state index in [0.717, 1.165) is 23.3 Å². The second kappa shape index (κ2) is 6.16. The second-order valence-corrected chi connectivity index (χ2v) is 6.01. The van der Waals surface area contributed by atoms with Crippen molar-refractivity contribution in [3.8, 4) is 5.75 Å². The first-order valence-electron chi connectivity index (χ1n) is 7.13. The number of amides is 1. The number of aliphatic carboxylic acids is 1. The summed E-state index contributed by atoms with van der Waals surface area (Å²) in [7, 11) is 0. The highest BCUT2D eigenvalue weighted by atomic mass is 16.5. The zero-order valence-corrected chi connectivity index (χ0v) is 12.4. The van der Waals surface area contributed by atoms with Crippen molar-refractivity contribution in [3.05, 3.63) is 29.3 Å². The van der Waals surface area contributed by atoms with E-state index in [9.17, 15) is 9.59 Å². The lowest BCUT2D eigenvalue weighted by atomic mass is 9.90. The molecule has 1 aromatic rings. The average Bonchev–Trinajstić information content (AvgIpc) is 2.85. The SMILES string of the molecule is CC(C)(CCNC(=O)Cc1ccc2c(c1)CCO2)C(=O)O. The van der Waals surface area contributed by atoms with Crippen molar-refractivity contribution in [2.75, 3.05) is 13.2 Å². The van der Waals surface area contributed by atoms with Crippen LogP contribution in [0.2, 0.25) is 0 Å². The molecule has 1 aromatic carbocycles. The van der Waals surface area contributed by atoms with Crippen molar-refractivity contribution >= 4 is 11.9 Å². The van der Waals surface area contributed by atoms with Crippen LogP contribution in [-0.2, 0) is 22.4 Å². The van der Waals surface area contributed by atoms with E-state index in [2.05, 4.69) is 5.32 Å². The molecule has 0 saturated heterocycles. The molecule has 1 aliphatic rings. The van der Waals surface area contributed by atoms with Crippen LogP contribution < -0.4 is 10.1 Å². The number of nitrogens with one attached hydrogen (secondary N) is 1. The van der Waals surface area contributed by atoms with Gasteiger partial charge in [0.2, 0.25) is 5.91 Å². The Labute approximate surface area is 124 Å². The summed E-state index contributed by atoms with van der Waals surface area (Å²) in [5.74, 6) is -0.0345. The van der Waals surface area contributed by atoms with Gasteiger partial charge in [-0.1, -0.05) is 12.1 Å². The fraction of sp³-hybridized carbons (Fsp3) is 0.500. The lowest BCUT2D eigenvalue weighted by Gasteiger charge is -2.18. The summed E-state index contributed by atoms with van der Waals surface area (Å²) in [6.07, 6.45) is 1.60. The quantitative estimate of drug-likeness (QED) is 0.837. The van der Waals surface area contributed by atoms with Gasteiger partial charge in [0.05, 0.1) is 18.4 Å². The van der Waals surface area contributed by atoms with Crippen LogP contribution in [0.1, 0.15) is 31.4 Å². The number of hydrogen-bond acceptors (Lipinski definition) is 3. The first-order valence-corrected chi connectivity index (χ1v) is 7.13. The van der Waals surface area contributed by atoms with Gasteiger partial charge in [0, 0.05) is 13.0 Å². The summed E-state index contributed by atoms with van der Waals surface area (Å²) in [5, 5.41) is 11.8.